The molecule has 0 spiro atoms. The maximum Gasteiger partial charge on any atom is 0.428 e. The van der Waals surface area contributed by atoms with Gasteiger partial charge in [0.05, 0.1) is 0 Å². The summed E-state index contributed by atoms with van der Waals surface area (Å²) in [5.41, 5.74) is 13.0. The Morgan fingerprint density at radius 1 is 0.357 bits per heavy atom. The minimum atomic E-state index is 0.00571. The summed E-state index contributed by atoms with van der Waals surface area (Å²) in [5, 5.41) is 4.55. The van der Waals surface area contributed by atoms with Gasteiger partial charge < -0.3 is 22.9 Å². The lowest BCUT2D eigenvalue weighted by molar-refractivity contribution is 0.669. The van der Waals surface area contributed by atoms with Crippen LogP contribution in [0.4, 0.5) is 11.4 Å². The molecule has 56 heavy (non-hydrogen) atoms. The summed E-state index contributed by atoms with van der Waals surface area (Å²) < 4.78 is 20.8. The zero-order valence-corrected chi connectivity index (χ0v) is 30.4. The lowest BCUT2D eigenvalue weighted by Gasteiger charge is -2.70. The van der Waals surface area contributed by atoms with E-state index < -0.39 is 0 Å². The Balaban J connectivity index is 0.983. The van der Waals surface area contributed by atoms with Gasteiger partial charge in [0, 0.05) is 44.0 Å². The van der Waals surface area contributed by atoms with E-state index in [1.165, 1.54) is 16.6 Å². The fourth-order valence-corrected chi connectivity index (χ4v) is 9.30. The quantitative estimate of drug-likeness (QED) is 0.160. The first-order chi connectivity index (χ1) is 27.8. The average molecular weight is 715 g/mol. The van der Waals surface area contributed by atoms with Crippen molar-refractivity contribution in [3.63, 3.8) is 0 Å². The molecule has 0 unspecified atom stereocenters. The number of fused-ring (bicyclic) bond motifs is 7. The maximum atomic E-state index is 6.50. The van der Waals surface area contributed by atoms with E-state index >= 15 is 0 Å². The highest BCUT2D eigenvalue weighted by atomic mass is 16.3. The van der Waals surface area contributed by atoms with Crippen molar-refractivity contribution in [2.24, 2.45) is 0 Å². The highest BCUT2D eigenvalue weighted by Crippen LogP contribution is 2.44. The number of nitrogens with zero attached hydrogens (tertiary/aromatic N) is 3. The second kappa shape index (κ2) is 12.3. The first kappa shape index (κ1) is 31.5. The smallest absolute Gasteiger partial charge is 0.428 e. The molecule has 2 aliphatic heterocycles. The Labute approximate surface area is 325 Å². The number of rotatable bonds is 6. The van der Waals surface area contributed by atoms with Crippen molar-refractivity contribution < 1.29 is 8.83 Å². The third-order valence-electron chi connectivity index (χ3n) is 11.8. The topological polar surface area (TPSA) is 36.0 Å². The number of benzene rings is 8. The molecule has 10 aromatic rings. The molecule has 2 aromatic heterocycles. The number of furan rings is 2. The van der Waals surface area contributed by atoms with E-state index in [9.17, 15) is 0 Å². The summed E-state index contributed by atoms with van der Waals surface area (Å²) in [4.78, 5) is 0. The molecule has 4 heterocycles. The normalized spacial score (nSPS) is 14.2. The lowest BCUT2D eigenvalue weighted by atomic mass is 9.26. The minimum Gasteiger partial charge on any atom is -0.455 e. The Morgan fingerprint density at radius 2 is 0.821 bits per heavy atom. The van der Waals surface area contributed by atoms with E-state index in [1.54, 1.807) is 0 Å². The predicted molar refractivity (Wildman–Crippen MR) is 235 cm³/mol. The average Bonchev–Trinajstić information content (AvgIpc) is 3.83. The summed E-state index contributed by atoms with van der Waals surface area (Å²) in [6.45, 7) is 0.0250. The molecule has 2 fully saturated rings. The number of hydrogen-bond donors (Lipinski definition) is 0. The van der Waals surface area contributed by atoms with Crippen LogP contribution >= 0.6 is 0 Å². The third-order valence-corrected chi connectivity index (χ3v) is 11.8. The molecule has 8 aromatic carbocycles. The van der Waals surface area contributed by atoms with Crippen molar-refractivity contribution in [2.75, 3.05) is 9.44 Å². The zero-order chi connectivity index (χ0) is 36.7. The summed E-state index contributed by atoms with van der Waals surface area (Å²) in [7, 11) is 0.00677. The van der Waals surface area contributed by atoms with Crippen LogP contribution in [0.25, 0.3) is 66.1 Å². The summed E-state index contributed by atoms with van der Waals surface area (Å²) >= 11 is 0. The van der Waals surface area contributed by atoms with Gasteiger partial charge in [-0.05, 0) is 58.5 Å². The highest BCUT2D eigenvalue weighted by molar-refractivity contribution is 7.22. The summed E-state index contributed by atoms with van der Waals surface area (Å²) in [6.07, 6.45) is 0. The molecule has 0 atom stereocenters. The molecule has 2 saturated heterocycles. The van der Waals surface area contributed by atoms with Crippen LogP contribution < -0.4 is 20.4 Å². The molecule has 0 N–H and O–H groups in total. The minimum absolute atomic E-state index is 0.00571. The van der Waals surface area contributed by atoms with E-state index in [4.69, 9.17) is 8.83 Å². The summed E-state index contributed by atoms with van der Waals surface area (Å²) in [5.74, 6) is 0. The van der Waals surface area contributed by atoms with Crippen LogP contribution in [0, 0.1) is 0 Å². The fraction of sp³-hybridized carbons (Fsp3) is 0. The molecule has 8 heteroatoms. The van der Waals surface area contributed by atoms with Gasteiger partial charge in [0.25, 0.3) is 0 Å². The van der Waals surface area contributed by atoms with Crippen LogP contribution in [0.15, 0.2) is 203 Å². The molecule has 12 rings (SSSR count). The largest absolute Gasteiger partial charge is 0.455 e. The van der Waals surface area contributed by atoms with Crippen molar-refractivity contribution in [1.82, 2.24) is 4.63 Å². The summed E-state index contributed by atoms with van der Waals surface area (Å²) in [6, 6.07) is 69.3. The van der Waals surface area contributed by atoms with Crippen LogP contribution in [0.3, 0.4) is 0 Å². The van der Waals surface area contributed by atoms with Crippen LogP contribution in [-0.4, -0.2) is 25.7 Å². The standard InChI is InChI=1S/C48H32B3N3O2/c1-3-17-35(18-4-1)49-53(38-22-12-16-34(32-38)40-26-14-28-44-42-24-8-10-30-46(42)56-48(40)44)51-52(37-20-5-2-6-21-37)50(54(49)51)36-19-11-15-33(31-36)39-25-13-27-43-41-23-7-9-29-45(41)55-47(39)43/h1-32H. The first-order valence-electron chi connectivity index (χ1n) is 19.3. The van der Waals surface area contributed by atoms with Gasteiger partial charge in [0.2, 0.25) is 0 Å². The highest BCUT2D eigenvalue weighted by Gasteiger charge is 2.71. The molecule has 0 aliphatic carbocycles. The van der Waals surface area contributed by atoms with E-state index in [2.05, 4.69) is 196 Å². The van der Waals surface area contributed by atoms with E-state index in [0.717, 1.165) is 71.8 Å². The lowest BCUT2D eigenvalue weighted by Crippen LogP contribution is -3.02. The molecule has 0 bridgehead atoms. The monoisotopic (exact) mass is 715 g/mol. The Bertz CT molecular complexity index is 2900. The van der Waals surface area contributed by atoms with Crippen LogP contribution in [0.1, 0.15) is 0 Å². The second-order valence-electron chi connectivity index (χ2n) is 14.8. The zero-order valence-electron chi connectivity index (χ0n) is 30.4. The van der Waals surface area contributed by atoms with Crippen LogP contribution in [-0.2, 0) is 0 Å². The van der Waals surface area contributed by atoms with Crippen LogP contribution in [0.2, 0.25) is 0 Å². The Hall–Kier alpha value is -6.89. The van der Waals surface area contributed by atoms with Crippen molar-refractivity contribution >= 4 is 87.3 Å². The van der Waals surface area contributed by atoms with Crippen molar-refractivity contribution in [3.8, 4) is 22.3 Å². The molecule has 2 aliphatic rings. The van der Waals surface area contributed by atoms with Gasteiger partial charge >= 0.3 is 21.1 Å². The molecule has 260 valence electrons. The molecule has 0 saturated carbocycles. The molecule has 0 radical (unpaired) electrons. The van der Waals surface area contributed by atoms with Gasteiger partial charge in [0.15, 0.2) is 0 Å². The molecule has 5 nitrogen and oxygen atoms in total. The van der Waals surface area contributed by atoms with E-state index in [0.29, 0.717) is 0 Å². The first-order valence-corrected chi connectivity index (χ1v) is 19.3. The van der Waals surface area contributed by atoms with E-state index in [-0.39, 0.29) is 21.1 Å². The van der Waals surface area contributed by atoms with Crippen molar-refractivity contribution in [1.29, 1.82) is 0 Å². The van der Waals surface area contributed by atoms with Gasteiger partial charge in [-0.15, -0.1) is 0 Å². The van der Waals surface area contributed by atoms with Crippen molar-refractivity contribution in [3.05, 3.63) is 194 Å². The second-order valence-corrected chi connectivity index (χ2v) is 14.8. The number of anilines is 2. The van der Waals surface area contributed by atoms with Crippen molar-refractivity contribution in [2.45, 2.75) is 0 Å². The number of hydrogen-bond acceptors (Lipinski definition) is 5. The van der Waals surface area contributed by atoms with Gasteiger partial charge in [-0.1, -0.05) is 158 Å². The van der Waals surface area contributed by atoms with Gasteiger partial charge in [-0.25, -0.2) is 0 Å². The SMILES string of the molecule is c1ccc(B2N3B(c4cccc(-c5cccc6c5oc5ccccc56)c4)N(c4ccccc4)B3N2c2cccc(-c3cccc4c3oc3ccccc34)c2)cc1. The van der Waals surface area contributed by atoms with Gasteiger partial charge in [-0.2, -0.15) is 0 Å². The Kier molecular flexibility index (Phi) is 6.92. The predicted octanol–water partition coefficient (Wildman–Crippen LogP) is 10.2. The molecular weight excluding hydrogens is 683 g/mol. The van der Waals surface area contributed by atoms with Crippen LogP contribution in [0.5, 0.6) is 0 Å². The van der Waals surface area contributed by atoms with Gasteiger partial charge in [-0.3, -0.25) is 0 Å². The third kappa shape index (κ3) is 4.63. The molecular formula is C48H32B3N3O2. The fourth-order valence-electron chi connectivity index (χ4n) is 9.30. The maximum absolute atomic E-state index is 6.50. The van der Waals surface area contributed by atoms with E-state index in [1.807, 2.05) is 12.1 Å². The Morgan fingerprint density at radius 3 is 1.48 bits per heavy atom. The number of para-hydroxylation sites is 5. The molecule has 0 amide bonds. The van der Waals surface area contributed by atoms with Gasteiger partial charge in [0.1, 0.15) is 22.3 Å².